The van der Waals surface area contributed by atoms with Crippen LogP contribution in [0.2, 0.25) is 0 Å². The van der Waals surface area contributed by atoms with Gasteiger partial charge >= 0.3 is 0 Å². The van der Waals surface area contributed by atoms with Gasteiger partial charge in [-0.1, -0.05) is 6.07 Å². The molecule has 110 valence electrons. The van der Waals surface area contributed by atoms with Crippen molar-refractivity contribution < 1.29 is 17.9 Å². The van der Waals surface area contributed by atoms with Gasteiger partial charge in [-0.15, -0.1) is 0 Å². The minimum Gasteiger partial charge on any atom is -0.496 e. The Morgan fingerprint density at radius 1 is 1.40 bits per heavy atom. The van der Waals surface area contributed by atoms with Crippen LogP contribution in [0.3, 0.4) is 0 Å². The maximum absolute atomic E-state index is 12.2. The lowest BCUT2D eigenvalue weighted by Gasteiger charge is -2.24. The molecule has 0 unspecified atom stereocenters. The first-order valence-corrected chi connectivity index (χ1v) is 8.24. The van der Waals surface area contributed by atoms with Gasteiger partial charge in [0, 0.05) is 5.56 Å². The predicted molar refractivity (Wildman–Crippen MR) is 76.9 cm³/mol. The smallest absolute Gasteiger partial charge is 0.251 e. The standard InChI is InChI=1S/C14H19NO4S/c1-10-4-5-11(8-12(10)19-3)13(16)15-14(2)6-7-20(17,18)9-14/h4-5,8H,6-7,9H2,1-3H3,(H,15,16)/t14-/m0/s1. The predicted octanol–water partition coefficient (Wildman–Crippen LogP) is 1.31. The van der Waals surface area contributed by atoms with E-state index in [-0.39, 0.29) is 17.4 Å². The molecule has 0 radical (unpaired) electrons. The lowest BCUT2D eigenvalue weighted by Crippen LogP contribution is -2.46. The highest BCUT2D eigenvalue weighted by Gasteiger charge is 2.39. The van der Waals surface area contributed by atoms with Crippen molar-refractivity contribution in [3.05, 3.63) is 29.3 Å². The molecule has 1 fully saturated rings. The molecule has 1 N–H and O–H groups in total. The molecule has 5 nitrogen and oxygen atoms in total. The van der Waals surface area contributed by atoms with E-state index in [0.717, 1.165) is 5.56 Å². The Hall–Kier alpha value is -1.56. The van der Waals surface area contributed by atoms with Crippen LogP contribution in [-0.4, -0.2) is 38.5 Å². The Morgan fingerprint density at radius 2 is 2.10 bits per heavy atom. The summed E-state index contributed by atoms with van der Waals surface area (Å²) in [4.78, 5) is 12.2. The lowest BCUT2D eigenvalue weighted by atomic mass is 10.0. The second kappa shape index (κ2) is 5.09. The molecule has 20 heavy (non-hydrogen) atoms. The normalized spacial score (nSPS) is 24.4. The number of hydrogen-bond donors (Lipinski definition) is 1. The van der Waals surface area contributed by atoms with Crippen molar-refractivity contribution >= 4 is 15.7 Å². The van der Waals surface area contributed by atoms with Gasteiger partial charge in [0.15, 0.2) is 9.84 Å². The number of ether oxygens (including phenoxy) is 1. The third-order valence-electron chi connectivity index (χ3n) is 3.59. The molecule has 1 aromatic rings. The van der Waals surface area contributed by atoms with Gasteiger partial charge in [-0.3, -0.25) is 4.79 Å². The van der Waals surface area contributed by atoms with Crippen LogP contribution < -0.4 is 10.1 Å². The molecule has 2 rings (SSSR count). The molecule has 0 aromatic heterocycles. The quantitative estimate of drug-likeness (QED) is 0.913. The number of nitrogens with one attached hydrogen (secondary N) is 1. The molecular weight excluding hydrogens is 278 g/mol. The van der Waals surface area contributed by atoms with Crippen LogP contribution in [0.15, 0.2) is 18.2 Å². The summed E-state index contributed by atoms with van der Waals surface area (Å²) >= 11 is 0. The van der Waals surface area contributed by atoms with Crippen LogP contribution in [0.5, 0.6) is 5.75 Å². The fourth-order valence-electron chi connectivity index (χ4n) is 2.42. The minimum atomic E-state index is -3.04. The van der Waals surface area contributed by atoms with Crippen molar-refractivity contribution in [1.82, 2.24) is 5.32 Å². The van der Waals surface area contributed by atoms with E-state index in [4.69, 9.17) is 4.74 Å². The molecule has 0 aliphatic carbocycles. The summed E-state index contributed by atoms with van der Waals surface area (Å²) in [5, 5.41) is 2.82. The number of hydrogen-bond acceptors (Lipinski definition) is 4. The fourth-order valence-corrected chi connectivity index (χ4v) is 4.51. The number of methoxy groups -OCH3 is 1. The number of rotatable bonds is 3. The van der Waals surface area contributed by atoms with Crippen molar-refractivity contribution in [3.8, 4) is 5.75 Å². The topological polar surface area (TPSA) is 72.5 Å². The molecule has 0 saturated carbocycles. The molecule has 1 aliphatic heterocycles. The van der Waals surface area contributed by atoms with Crippen LogP contribution >= 0.6 is 0 Å². The number of carbonyl (C=O) groups is 1. The van der Waals surface area contributed by atoms with Gasteiger partial charge in [0.05, 0.1) is 24.2 Å². The summed E-state index contributed by atoms with van der Waals surface area (Å²) < 4.78 is 28.3. The van der Waals surface area contributed by atoms with Crippen LogP contribution in [0.1, 0.15) is 29.3 Å². The van der Waals surface area contributed by atoms with Crippen molar-refractivity contribution in [2.24, 2.45) is 0 Å². The molecule has 6 heteroatoms. The van der Waals surface area contributed by atoms with Crippen molar-refractivity contribution in [2.75, 3.05) is 18.6 Å². The van der Waals surface area contributed by atoms with Gasteiger partial charge < -0.3 is 10.1 Å². The Morgan fingerprint density at radius 3 is 2.65 bits per heavy atom. The maximum atomic E-state index is 12.2. The fraction of sp³-hybridized carbons (Fsp3) is 0.500. The summed E-state index contributed by atoms with van der Waals surface area (Å²) in [7, 11) is -1.49. The summed E-state index contributed by atoms with van der Waals surface area (Å²) in [5.74, 6) is 0.486. The average molecular weight is 297 g/mol. The molecule has 0 bridgehead atoms. The molecule has 1 saturated heterocycles. The largest absolute Gasteiger partial charge is 0.496 e. The number of benzene rings is 1. The second-order valence-electron chi connectivity index (χ2n) is 5.54. The van der Waals surface area contributed by atoms with E-state index in [2.05, 4.69) is 5.32 Å². The number of sulfone groups is 1. The van der Waals surface area contributed by atoms with Gasteiger partial charge in [-0.25, -0.2) is 8.42 Å². The lowest BCUT2D eigenvalue weighted by molar-refractivity contribution is 0.0915. The van der Waals surface area contributed by atoms with E-state index < -0.39 is 15.4 Å². The van der Waals surface area contributed by atoms with E-state index in [1.165, 1.54) is 0 Å². The minimum absolute atomic E-state index is 0.00522. The van der Waals surface area contributed by atoms with Crippen molar-refractivity contribution in [3.63, 3.8) is 0 Å². The Labute approximate surface area is 119 Å². The zero-order valence-corrected chi connectivity index (χ0v) is 12.7. The maximum Gasteiger partial charge on any atom is 0.251 e. The van der Waals surface area contributed by atoms with Crippen molar-refractivity contribution in [2.45, 2.75) is 25.8 Å². The van der Waals surface area contributed by atoms with Gasteiger partial charge in [0.2, 0.25) is 0 Å². The summed E-state index contributed by atoms with van der Waals surface area (Å²) in [6.45, 7) is 3.66. The van der Waals surface area contributed by atoms with Crippen LogP contribution in [0.4, 0.5) is 0 Å². The van der Waals surface area contributed by atoms with E-state index in [0.29, 0.717) is 17.7 Å². The summed E-state index contributed by atoms with van der Waals surface area (Å²) in [6.07, 6.45) is 0.448. The molecule has 1 heterocycles. The zero-order valence-electron chi connectivity index (χ0n) is 11.9. The van der Waals surface area contributed by atoms with Crippen LogP contribution in [0.25, 0.3) is 0 Å². The number of aryl methyl sites for hydroxylation is 1. The monoisotopic (exact) mass is 297 g/mol. The van der Waals surface area contributed by atoms with Crippen LogP contribution in [0, 0.1) is 6.92 Å². The Kier molecular flexibility index (Phi) is 3.77. The molecule has 1 atom stereocenters. The van der Waals surface area contributed by atoms with E-state index >= 15 is 0 Å². The third-order valence-corrected chi connectivity index (χ3v) is 5.49. The molecule has 1 amide bonds. The highest BCUT2D eigenvalue weighted by molar-refractivity contribution is 7.91. The van der Waals surface area contributed by atoms with E-state index in [9.17, 15) is 13.2 Å². The second-order valence-corrected chi connectivity index (χ2v) is 7.73. The first-order valence-electron chi connectivity index (χ1n) is 6.42. The SMILES string of the molecule is COc1cc(C(=O)N[C@@]2(C)CCS(=O)(=O)C2)ccc1C. The zero-order chi connectivity index (χ0) is 15.0. The molecular formula is C14H19NO4S. The highest BCUT2D eigenvalue weighted by atomic mass is 32.2. The average Bonchev–Trinajstić information content (AvgIpc) is 2.63. The highest BCUT2D eigenvalue weighted by Crippen LogP contribution is 2.24. The first kappa shape index (κ1) is 14.8. The van der Waals surface area contributed by atoms with Gasteiger partial charge in [-0.2, -0.15) is 0 Å². The Bertz CT molecular complexity index is 639. The molecule has 1 aromatic carbocycles. The van der Waals surface area contributed by atoms with E-state index in [1.807, 2.05) is 13.0 Å². The molecule has 1 aliphatic rings. The van der Waals surface area contributed by atoms with E-state index in [1.54, 1.807) is 26.2 Å². The first-order chi connectivity index (χ1) is 9.25. The third kappa shape index (κ3) is 3.12. The summed E-state index contributed by atoms with van der Waals surface area (Å²) in [6, 6.07) is 5.18. The number of carbonyl (C=O) groups excluding carboxylic acids is 1. The number of amides is 1. The van der Waals surface area contributed by atoms with Gasteiger partial charge in [0.1, 0.15) is 5.75 Å². The van der Waals surface area contributed by atoms with Crippen molar-refractivity contribution in [1.29, 1.82) is 0 Å². The Balaban J connectivity index is 2.17. The van der Waals surface area contributed by atoms with Gasteiger partial charge in [-0.05, 0) is 38.0 Å². The molecule has 0 spiro atoms. The van der Waals surface area contributed by atoms with Crippen LogP contribution in [-0.2, 0) is 9.84 Å². The van der Waals surface area contributed by atoms with Gasteiger partial charge in [0.25, 0.3) is 5.91 Å². The summed E-state index contributed by atoms with van der Waals surface area (Å²) in [5.41, 5.74) is 0.727.